The minimum absolute atomic E-state index is 0.218. The molecule has 0 saturated heterocycles. The molecule has 22 heavy (non-hydrogen) atoms. The molecule has 0 unspecified atom stereocenters. The number of furan rings is 1. The molecule has 1 amide bonds. The Morgan fingerprint density at radius 3 is 3.00 bits per heavy atom. The standard InChI is InChI=1S/C16H16N2O4/c1-20-14-7-3-2-6-12(14)13-9-15(22-18-13)16(19)17-10-11-5-4-8-21-11/h2-8,15H,9-10H2,1H3,(H,17,19)/t15-/m0/s1. The predicted molar refractivity (Wildman–Crippen MR) is 79.6 cm³/mol. The topological polar surface area (TPSA) is 73.1 Å². The lowest BCUT2D eigenvalue weighted by molar-refractivity contribution is -0.131. The number of nitrogens with zero attached hydrogens (tertiary/aromatic N) is 1. The Morgan fingerprint density at radius 2 is 2.23 bits per heavy atom. The maximum Gasteiger partial charge on any atom is 0.264 e. The van der Waals surface area contributed by atoms with Crippen molar-refractivity contribution in [1.29, 1.82) is 0 Å². The van der Waals surface area contributed by atoms with E-state index in [9.17, 15) is 4.79 Å². The first-order valence-electron chi connectivity index (χ1n) is 6.94. The second-order valence-corrected chi connectivity index (χ2v) is 4.83. The summed E-state index contributed by atoms with van der Waals surface area (Å²) in [6.45, 7) is 0.329. The highest BCUT2D eigenvalue weighted by molar-refractivity contribution is 6.05. The third kappa shape index (κ3) is 2.95. The van der Waals surface area contributed by atoms with Gasteiger partial charge in [-0.2, -0.15) is 0 Å². The van der Waals surface area contributed by atoms with E-state index in [1.807, 2.05) is 24.3 Å². The molecule has 0 radical (unpaired) electrons. The van der Waals surface area contributed by atoms with E-state index >= 15 is 0 Å². The summed E-state index contributed by atoms with van der Waals surface area (Å²) in [4.78, 5) is 17.3. The van der Waals surface area contributed by atoms with Crippen LogP contribution in [-0.2, 0) is 16.2 Å². The van der Waals surface area contributed by atoms with Gasteiger partial charge in [-0.25, -0.2) is 0 Å². The van der Waals surface area contributed by atoms with Crippen molar-refractivity contribution in [3.8, 4) is 5.75 Å². The van der Waals surface area contributed by atoms with Crippen LogP contribution < -0.4 is 10.1 Å². The molecule has 1 aliphatic heterocycles. The van der Waals surface area contributed by atoms with E-state index in [0.717, 1.165) is 5.56 Å². The van der Waals surface area contributed by atoms with Gasteiger partial charge in [0.15, 0.2) is 0 Å². The number of benzene rings is 1. The molecule has 0 aliphatic carbocycles. The molecular formula is C16H16N2O4. The lowest BCUT2D eigenvalue weighted by Gasteiger charge is -2.09. The summed E-state index contributed by atoms with van der Waals surface area (Å²) in [5.74, 6) is 1.18. The fourth-order valence-electron chi connectivity index (χ4n) is 2.26. The van der Waals surface area contributed by atoms with E-state index in [0.29, 0.717) is 30.2 Å². The number of oxime groups is 1. The third-order valence-electron chi connectivity index (χ3n) is 3.40. The summed E-state index contributed by atoms with van der Waals surface area (Å²) in [6, 6.07) is 11.1. The van der Waals surface area contributed by atoms with Crippen LogP contribution in [0.3, 0.4) is 0 Å². The van der Waals surface area contributed by atoms with Gasteiger partial charge in [-0.3, -0.25) is 4.79 Å². The highest BCUT2D eigenvalue weighted by atomic mass is 16.6. The van der Waals surface area contributed by atoms with E-state index in [-0.39, 0.29) is 5.91 Å². The van der Waals surface area contributed by atoms with E-state index in [1.54, 1.807) is 25.5 Å². The molecule has 1 N–H and O–H groups in total. The van der Waals surface area contributed by atoms with Gasteiger partial charge in [0.2, 0.25) is 6.10 Å². The van der Waals surface area contributed by atoms with Crippen molar-refractivity contribution in [2.24, 2.45) is 5.16 Å². The van der Waals surface area contributed by atoms with Crippen molar-refractivity contribution in [3.63, 3.8) is 0 Å². The smallest absolute Gasteiger partial charge is 0.264 e. The van der Waals surface area contributed by atoms with E-state index < -0.39 is 6.10 Å². The Morgan fingerprint density at radius 1 is 1.36 bits per heavy atom. The van der Waals surface area contributed by atoms with Crippen LogP contribution in [0, 0.1) is 0 Å². The molecule has 6 nitrogen and oxygen atoms in total. The van der Waals surface area contributed by atoms with Crippen LogP contribution in [0.5, 0.6) is 5.75 Å². The molecule has 1 atom stereocenters. The Hall–Kier alpha value is -2.76. The number of ether oxygens (including phenoxy) is 1. The third-order valence-corrected chi connectivity index (χ3v) is 3.40. The predicted octanol–water partition coefficient (Wildman–Crippen LogP) is 2.10. The second kappa shape index (κ2) is 6.34. The Balaban J connectivity index is 1.60. The number of amides is 1. The first-order valence-corrected chi connectivity index (χ1v) is 6.94. The molecule has 2 aromatic rings. The molecule has 114 valence electrons. The molecule has 2 heterocycles. The summed E-state index contributed by atoms with van der Waals surface area (Å²) >= 11 is 0. The van der Waals surface area contributed by atoms with Crippen LogP contribution in [0.2, 0.25) is 0 Å². The first-order chi connectivity index (χ1) is 10.8. The largest absolute Gasteiger partial charge is 0.496 e. The molecule has 0 bridgehead atoms. The van der Waals surface area contributed by atoms with E-state index in [1.165, 1.54) is 0 Å². The van der Waals surface area contributed by atoms with Gasteiger partial charge in [-0.05, 0) is 24.3 Å². The van der Waals surface area contributed by atoms with Crippen molar-refractivity contribution < 1.29 is 18.8 Å². The van der Waals surface area contributed by atoms with Crippen molar-refractivity contribution in [2.45, 2.75) is 19.1 Å². The van der Waals surface area contributed by atoms with Gasteiger partial charge in [0, 0.05) is 12.0 Å². The maximum absolute atomic E-state index is 12.1. The van der Waals surface area contributed by atoms with Crippen LogP contribution in [0.15, 0.2) is 52.2 Å². The van der Waals surface area contributed by atoms with Gasteiger partial charge in [0.05, 0.1) is 25.6 Å². The highest BCUT2D eigenvalue weighted by Gasteiger charge is 2.29. The zero-order valence-electron chi connectivity index (χ0n) is 12.1. The highest BCUT2D eigenvalue weighted by Crippen LogP contribution is 2.24. The Kier molecular flexibility index (Phi) is 4.09. The van der Waals surface area contributed by atoms with Gasteiger partial charge >= 0.3 is 0 Å². The molecule has 1 aromatic heterocycles. The average Bonchev–Trinajstić information content (AvgIpc) is 3.24. The van der Waals surface area contributed by atoms with E-state index in [4.69, 9.17) is 14.0 Å². The zero-order chi connectivity index (χ0) is 15.4. The van der Waals surface area contributed by atoms with E-state index in [2.05, 4.69) is 10.5 Å². The summed E-state index contributed by atoms with van der Waals surface area (Å²) in [7, 11) is 1.60. The number of carbonyl (C=O) groups is 1. The van der Waals surface area contributed by atoms with Gasteiger partial charge in [-0.1, -0.05) is 17.3 Å². The zero-order valence-corrected chi connectivity index (χ0v) is 12.1. The van der Waals surface area contributed by atoms with Crippen LogP contribution in [0.1, 0.15) is 17.7 Å². The summed E-state index contributed by atoms with van der Waals surface area (Å²) < 4.78 is 10.5. The molecule has 6 heteroatoms. The average molecular weight is 300 g/mol. The second-order valence-electron chi connectivity index (χ2n) is 4.83. The molecule has 0 fully saturated rings. The quantitative estimate of drug-likeness (QED) is 0.917. The molecule has 0 spiro atoms. The van der Waals surface area contributed by atoms with Crippen molar-refractivity contribution >= 4 is 11.6 Å². The number of nitrogens with one attached hydrogen (secondary N) is 1. The number of methoxy groups -OCH3 is 1. The van der Waals surface area contributed by atoms with Crippen LogP contribution >= 0.6 is 0 Å². The maximum atomic E-state index is 12.1. The number of rotatable bonds is 5. The number of carbonyl (C=O) groups excluding carboxylic acids is 1. The lowest BCUT2D eigenvalue weighted by Crippen LogP contribution is -2.34. The van der Waals surface area contributed by atoms with Gasteiger partial charge < -0.3 is 19.3 Å². The molecular weight excluding hydrogens is 284 g/mol. The number of hydrogen-bond donors (Lipinski definition) is 1. The number of para-hydroxylation sites is 1. The number of hydrogen-bond acceptors (Lipinski definition) is 5. The van der Waals surface area contributed by atoms with Crippen molar-refractivity contribution in [3.05, 3.63) is 54.0 Å². The fraction of sp³-hybridized carbons (Fsp3) is 0.250. The van der Waals surface area contributed by atoms with Gasteiger partial charge in [-0.15, -0.1) is 0 Å². The Bertz CT molecular complexity index is 679. The monoisotopic (exact) mass is 300 g/mol. The first kappa shape index (κ1) is 14.2. The summed E-state index contributed by atoms with van der Waals surface area (Å²) in [5.41, 5.74) is 1.54. The SMILES string of the molecule is COc1ccccc1C1=NO[C@H](C(=O)NCc2ccco2)C1. The van der Waals surface area contributed by atoms with Crippen LogP contribution in [0.4, 0.5) is 0 Å². The van der Waals surface area contributed by atoms with Crippen LogP contribution in [0.25, 0.3) is 0 Å². The van der Waals surface area contributed by atoms with Crippen molar-refractivity contribution in [1.82, 2.24) is 5.32 Å². The Labute approximate surface area is 127 Å². The minimum atomic E-state index is -0.630. The summed E-state index contributed by atoms with van der Waals surface area (Å²) in [6.07, 6.45) is 1.34. The summed E-state index contributed by atoms with van der Waals surface area (Å²) in [5, 5.41) is 6.78. The van der Waals surface area contributed by atoms with Crippen molar-refractivity contribution in [2.75, 3.05) is 7.11 Å². The normalized spacial score (nSPS) is 16.8. The van der Waals surface area contributed by atoms with Gasteiger partial charge in [0.25, 0.3) is 5.91 Å². The molecule has 0 saturated carbocycles. The molecule has 1 aromatic carbocycles. The minimum Gasteiger partial charge on any atom is -0.496 e. The molecule has 3 rings (SSSR count). The van der Waals surface area contributed by atoms with Gasteiger partial charge in [0.1, 0.15) is 11.5 Å². The fourth-order valence-corrected chi connectivity index (χ4v) is 2.26. The molecule has 1 aliphatic rings. The van der Waals surface area contributed by atoms with Crippen LogP contribution in [-0.4, -0.2) is 24.8 Å². The lowest BCUT2D eigenvalue weighted by atomic mass is 10.0.